The second-order valence-corrected chi connectivity index (χ2v) is 5.20. The topological polar surface area (TPSA) is 34.1 Å². The molecule has 0 rings (SSSR count). The van der Waals surface area contributed by atoms with Gasteiger partial charge in [0.1, 0.15) is 0 Å². The second-order valence-electron chi connectivity index (χ2n) is 3.72. The minimum absolute atomic E-state index is 0.304. The molecular formula is C10H21FO2S. The third-order valence-corrected chi connectivity index (χ3v) is 3.02. The molecule has 86 valence electrons. The van der Waals surface area contributed by atoms with Crippen LogP contribution in [0.5, 0.6) is 0 Å². The van der Waals surface area contributed by atoms with Crippen LogP contribution in [0, 0.1) is 0 Å². The summed E-state index contributed by atoms with van der Waals surface area (Å²) in [6.07, 6.45) is 8.46. The SMILES string of the molecule is CCCCCCCCCCS(=O)(=O)F. The van der Waals surface area contributed by atoms with Crippen molar-refractivity contribution in [2.45, 2.75) is 58.3 Å². The standard InChI is InChI=1S/C10H21FO2S/c1-2-3-4-5-6-7-8-9-10-14(11,12)13/h2-10H2,1H3. The Labute approximate surface area is 87.1 Å². The summed E-state index contributed by atoms with van der Waals surface area (Å²) < 4.78 is 32.3. The predicted octanol–water partition coefficient (Wildman–Crippen LogP) is 3.43. The van der Waals surface area contributed by atoms with Gasteiger partial charge in [0.15, 0.2) is 0 Å². The van der Waals surface area contributed by atoms with Crippen molar-refractivity contribution in [3.8, 4) is 0 Å². The van der Waals surface area contributed by atoms with E-state index in [2.05, 4.69) is 6.92 Å². The predicted molar refractivity (Wildman–Crippen MR) is 57.5 cm³/mol. The van der Waals surface area contributed by atoms with E-state index in [4.69, 9.17) is 0 Å². The zero-order valence-electron chi connectivity index (χ0n) is 8.97. The minimum atomic E-state index is -4.23. The Bertz CT molecular complexity index is 212. The van der Waals surface area contributed by atoms with Crippen LogP contribution < -0.4 is 0 Å². The number of rotatable bonds is 9. The van der Waals surface area contributed by atoms with Gasteiger partial charge in [-0.05, 0) is 6.42 Å². The summed E-state index contributed by atoms with van der Waals surface area (Å²) in [6.45, 7) is 2.17. The van der Waals surface area contributed by atoms with Gasteiger partial charge in [-0.3, -0.25) is 0 Å². The first kappa shape index (κ1) is 13.9. The Kier molecular flexibility index (Phi) is 8.14. The summed E-state index contributed by atoms with van der Waals surface area (Å²) in [4.78, 5) is 0. The molecule has 0 atom stereocenters. The fourth-order valence-electron chi connectivity index (χ4n) is 1.41. The fraction of sp³-hybridized carbons (Fsp3) is 1.00. The van der Waals surface area contributed by atoms with Gasteiger partial charge in [-0.1, -0.05) is 51.9 Å². The highest BCUT2D eigenvalue weighted by Gasteiger charge is 2.05. The maximum absolute atomic E-state index is 12.0. The average molecular weight is 224 g/mol. The van der Waals surface area contributed by atoms with Crippen LogP contribution in [0.4, 0.5) is 3.89 Å². The van der Waals surface area contributed by atoms with Crippen molar-refractivity contribution in [2.75, 3.05) is 5.75 Å². The lowest BCUT2D eigenvalue weighted by atomic mass is 10.1. The van der Waals surface area contributed by atoms with E-state index in [1.54, 1.807) is 0 Å². The lowest BCUT2D eigenvalue weighted by Gasteiger charge is -1.99. The lowest BCUT2D eigenvalue weighted by molar-refractivity contribution is 0.541. The Morgan fingerprint density at radius 2 is 1.29 bits per heavy atom. The van der Waals surface area contributed by atoms with E-state index >= 15 is 0 Å². The number of halogens is 1. The molecule has 0 spiro atoms. The van der Waals surface area contributed by atoms with Gasteiger partial charge in [0.25, 0.3) is 0 Å². The van der Waals surface area contributed by atoms with Gasteiger partial charge in [-0.25, -0.2) is 0 Å². The van der Waals surface area contributed by atoms with Crippen LogP contribution in [0.1, 0.15) is 58.3 Å². The van der Waals surface area contributed by atoms with Gasteiger partial charge in [0.05, 0.1) is 5.75 Å². The molecule has 0 N–H and O–H groups in total. The van der Waals surface area contributed by atoms with Crippen molar-refractivity contribution in [3.05, 3.63) is 0 Å². The molecule has 0 unspecified atom stereocenters. The Morgan fingerprint density at radius 1 is 0.857 bits per heavy atom. The lowest BCUT2D eigenvalue weighted by Crippen LogP contribution is -1.97. The van der Waals surface area contributed by atoms with E-state index in [-0.39, 0.29) is 5.75 Å². The van der Waals surface area contributed by atoms with Gasteiger partial charge in [0, 0.05) is 0 Å². The fourth-order valence-corrected chi connectivity index (χ4v) is 1.96. The van der Waals surface area contributed by atoms with E-state index in [0.717, 1.165) is 19.3 Å². The molecular weight excluding hydrogens is 203 g/mol. The van der Waals surface area contributed by atoms with E-state index in [9.17, 15) is 12.3 Å². The van der Waals surface area contributed by atoms with Gasteiger partial charge in [-0.15, -0.1) is 3.89 Å². The first-order valence-electron chi connectivity index (χ1n) is 5.48. The van der Waals surface area contributed by atoms with Crippen LogP contribution in [0.2, 0.25) is 0 Å². The zero-order valence-corrected chi connectivity index (χ0v) is 9.78. The maximum atomic E-state index is 12.0. The van der Waals surface area contributed by atoms with E-state index < -0.39 is 10.2 Å². The molecule has 0 amide bonds. The summed E-state index contributed by atoms with van der Waals surface area (Å²) in [7, 11) is -4.23. The Hall–Kier alpha value is -0.120. The van der Waals surface area contributed by atoms with E-state index in [1.165, 1.54) is 25.7 Å². The molecule has 0 radical (unpaired) electrons. The maximum Gasteiger partial charge on any atom is 0.302 e. The molecule has 2 nitrogen and oxygen atoms in total. The number of hydrogen-bond donors (Lipinski definition) is 0. The molecule has 0 saturated heterocycles. The van der Waals surface area contributed by atoms with Crippen LogP contribution >= 0.6 is 0 Å². The molecule has 0 aliphatic heterocycles. The molecule has 0 aromatic heterocycles. The van der Waals surface area contributed by atoms with Gasteiger partial charge in [-0.2, -0.15) is 8.42 Å². The first-order valence-corrected chi connectivity index (χ1v) is 7.04. The summed E-state index contributed by atoms with van der Waals surface area (Å²) in [5, 5.41) is 0. The van der Waals surface area contributed by atoms with Gasteiger partial charge >= 0.3 is 10.2 Å². The summed E-state index contributed by atoms with van der Waals surface area (Å²) in [6, 6.07) is 0. The van der Waals surface area contributed by atoms with Crippen LogP contribution in [0.15, 0.2) is 0 Å². The number of unbranched alkanes of at least 4 members (excludes halogenated alkanes) is 7. The smallest absolute Gasteiger partial charge is 0.195 e. The monoisotopic (exact) mass is 224 g/mol. The van der Waals surface area contributed by atoms with Crippen LogP contribution in [0.3, 0.4) is 0 Å². The summed E-state index contributed by atoms with van der Waals surface area (Å²) >= 11 is 0. The van der Waals surface area contributed by atoms with E-state index in [0.29, 0.717) is 6.42 Å². The van der Waals surface area contributed by atoms with Crippen molar-refractivity contribution in [3.63, 3.8) is 0 Å². The highest BCUT2D eigenvalue weighted by atomic mass is 32.3. The largest absolute Gasteiger partial charge is 0.302 e. The molecule has 0 aromatic rings. The minimum Gasteiger partial charge on any atom is -0.195 e. The van der Waals surface area contributed by atoms with Gasteiger partial charge < -0.3 is 0 Å². The molecule has 4 heteroatoms. The highest BCUT2D eigenvalue weighted by Crippen LogP contribution is 2.09. The highest BCUT2D eigenvalue weighted by molar-refractivity contribution is 7.86. The number of hydrogen-bond acceptors (Lipinski definition) is 2. The Morgan fingerprint density at radius 3 is 1.71 bits per heavy atom. The molecule has 0 bridgehead atoms. The zero-order chi connectivity index (χ0) is 10.9. The summed E-state index contributed by atoms with van der Waals surface area (Å²) in [5.41, 5.74) is 0. The third-order valence-electron chi connectivity index (χ3n) is 2.24. The normalized spacial score (nSPS) is 11.9. The van der Waals surface area contributed by atoms with E-state index in [1.807, 2.05) is 0 Å². The molecule has 14 heavy (non-hydrogen) atoms. The summed E-state index contributed by atoms with van der Waals surface area (Å²) in [5.74, 6) is -0.304. The average Bonchev–Trinajstić information content (AvgIpc) is 2.08. The van der Waals surface area contributed by atoms with Crippen LogP contribution in [-0.2, 0) is 10.2 Å². The third kappa shape index (κ3) is 11.9. The van der Waals surface area contributed by atoms with Crippen molar-refractivity contribution < 1.29 is 12.3 Å². The Balaban J connectivity index is 3.07. The van der Waals surface area contributed by atoms with Gasteiger partial charge in [0.2, 0.25) is 0 Å². The molecule has 0 heterocycles. The molecule has 0 aliphatic rings. The van der Waals surface area contributed by atoms with Crippen molar-refractivity contribution in [1.82, 2.24) is 0 Å². The van der Waals surface area contributed by atoms with Crippen LogP contribution in [-0.4, -0.2) is 14.2 Å². The van der Waals surface area contributed by atoms with Crippen LogP contribution in [0.25, 0.3) is 0 Å². The molecule has 0 saturated carbocycles. The van der Waals surface area contributed by atoms with Crippen molar-refractivity contribution >= 4 is 10.2 Å². The first-order chi connectivity index (χ1) is 6.56. The van der Waals surface area contributed by atoms with Crippen molar-refractivity contribution in [1.29, 1.82) is 0 Å². The molecule has 0 aromatic carbocycles. The second kappa shape index (κ2) is 8.21. The quantitative estimate of drug-likeness (QED) is 0.444. The molecule has 0 fully saturated rings. The molecule has 0 aliphatic carbocycles. The van der Waals surface area contributed by atoms with Crippen molar-refractivity contribution in [2.24, 2.45) is 0 Å².